The van der Waals surface area contributed by atoms with Crippen molar-refractivity contribution in [2.45, 2.75) is 24.2 Å². The van der Waals surface area contributed by atoms with E-state index in [1.807, 2.05) is 0 Å². The molecule has 0 radical (unpaired) electrons. The fourth-order valence-corrected chi connectivity index (χ4v) is 5.67. The maximum Gasteiger partial charge on any atom is 0.255 e. The predicted molar refractivity (Wildman–Crippen MR) is 115 cm³/mol. The quantitative estimate of drug-likeness (QED) is 0.386. The summed E-state index contributed by atoms with van der Waals surface area (Å²) < 4.78 is 5.26. The number of rotatable bonds is 3. The van der Waals surface area contributed by atoms with E-state index < -0.39 is 64.1 Å². The summed E-state index contributed by atoms with van der Waals surface area (Å²) in [6, 6.07) is 1.71. The Morgan fingerprint density at radius 3 is 2.45 bits per heavy atom. The van der Waals surface area contributed by atoms with E-state index in [1.54, 1.807) is 0 Å². The van der Waals surface area contributed by atoms with Gasteiger partial charge in [0.15, 0.2) is 11.4 Å². The average molecular weight is 479 g/mol. The number of ketones is 2. The lowest BCUT2D eigenvalue weighted by atomic mass is 9.57. The number of primary amides is 1. The molecule has 0 heterocycles. The van der Waals surface area contributed by atoms with Gasteiger partial charge in [0, 0.05) is 28.0 Å². The monoisotopic (exact) mass is 478 g/mol. The maximum absolute atomic E-state index is 13.7. The summed E-state index contributed by atoms with van der Waals surface area (Å²) in [6.45, 7) is 0. The van der Waals surface area contributed by atoms with Gasteiger partial charge in [-0.15, -0.1) is 0 Å². The number of nitrogens with zero attached hydrogens (tertiary/aromatic N) is 1. The molecule has 0 aliphatic heterocycles. The van der Waals surface area contributed by atoms with E-state index in [4.69, 9.17) is 22.1 Å². The van der Waals surface area contributed by atoms with Crippen LogP contribution >= 0.6 is 11.6 Å². The number of methoxy groups -OCH3 is 1. The lowest BCUT2D eigenvalue weighted by molar-refractivity contribution is -0.155. The summed E-state index contributed by atoms with van der Waals surface area (Å²) in [5.41, 5.74) is 1.44. The molecule has 1 aromatic carbocycles. The molecule has 3 aliphatic rings. The van der Waals surface area contributed by atoms with Gasteiger partial charge in [0.2, 0.25) is 5.78 Å². The van der Waals surface area contributed by atoms with Crippen LogP contribution in [0.3, 0.4) is 0 Å². The second kappa shape index (κ2) is 7.56. The van der Waals surface area contributed by atoms with Gasteiger partial charge in [-0.3, -0.25) is 19.3 Å². The largest absolute Gasteiger partial charge is 0.508 e. The number of hydrogen-bond donors (Lipinski definition) is 5. The van der Waals surface area contributed by atoms with E-state index in [2.05, 4.69) is 0 Å². The highest BCUT2D eigenvalue weighted by atomic mass is 35.5. The van der Waals surface area contributed by atoms with Crippen LogP contribution < -0.4 is 10.5 Å². The van der Waals surface area contributed by atoms with E-state index in [-0.39, 0.29) is 33.9 Å². The van der Waals surface area contributed by atoms with E-state index in [0.717, 1.165) is 0 Å². The van der Waals surface area contributed by atoms with E-state index in [1.165, 1.54) is 38.2 Å². The number of nitrogens with two attached hydrogens (primary N) is 1. The normalized spacial score (nSPS) is 31.4. The van der Waals surface area contributed by atoms with Crippen molar-refractivity contribution < 1.29 is 39.5 Å². The molecule has 1 saturated carbocycles. The second-order valence-corrected chi connectivity index (χ2v) is 9.06. The number of fused-ring (bicyclic) bond motifs is 3. The Labute approximate surface area is 193 Å². The second-order valence-electron chi connectivity index (χ2n) is 8.65. The molecule has 0 aromatic heterocycles. The molecule has 0 saturated heterocycles. The molecule has 5 atom stereocenters. The van der Waals surface area contributed by atoms with Crippen molar-refractivity contribution in [3.63, 3.8) is 0 Å². The third-order valence-corrected chi connectivity index (χ3v) is 7.18. The van der Waals surface area contributed by atoms with E-state index in [0.29, 0.717) is 0 Å². The minimum Gasteiger partial charge on any atom is -0.508 e. The highest BCUT2D eigenvalue weighted by Gasteiger charge is 2.65. The summed E-state index contributed by atoms with van der Waals surface area (Å²) in [4.78, 5) is 40.1. The third kappa shape index (κ3) is 2.88. The Kier molecular flexibility index (Phi) is 5.32. The Morgan fingerprint density at radius 2 is 1.91 bits per heavy atom. The first kappa shape index (κ1) is 23.2. The molecule has 1 amide bonds. The van der Waals surface area contributed by atoms with Crippen LogP contribution in [0.2, 0.25) is 5.02 Å². The summed E-state index contributed by atoms with van der Waals surface area (Å²) in [6.07, 6.45) is -1.58. The van der Waals surface area contributed by atoms with Gasteiger partial charge in [0.25, 0.3) is 5.91 Å². The molecule has 0 bridgehead atoms. The average Bonchev–Trinajstić information content (AvgIpc) is 2.73. The molecule has 11 heteroatoms. The van der Waals surface area contributed by atoms with E-state index in [9.17, 15) is 34.8 Å². The van der Waals surface area contributed by atoms with Crippen LogP contribution in [0.15, 0.2) is 29.0 Å². The molecule has 33 heavy (non-hydrogen) atoms. The zero-order valence-electron chi connectivity index (χ0n) is 18.0. The molecule has 0 unspecified atom stereocenters. The number of aliphatic hydroxyl groups excluding tert-OH is 3. The number of aliphatic hydroxyl groups is 4. The van der Waals surface area contributed by atoms with Gasteiger partial charge < -0.3 is 30.9 Å². The van der Waals surface area contributed by atoms with Crippen LogP contribution in [0.1, 0.15) is 23.7 Å². The van der Waals surface area contributed by atoms with Gasteiger partial charge in [-0.2, -0.15) is 0 Å². The number of ether oxygens (including phenoxy) is 1. The fourth-order valence-electron chi connectivity index (χ4n) is 5.40. The highest BCUT2D eigenvalue weighted by Crippen LogP contribution is 2.56. The Balaban J connectivity index is 2.03. The van der Waals surface area contributed by atoms with Crippen molar-refractivity contribution in [1.29, 1.82) is 0 Å². The van der Waals surface area contributed by atoms with Crippen molar-refractivity contribution in [3.05, 3.63) is 45.2 Å². The molecular weight excluding hydrogens is 456 g/mol. The number of carbonyl (C=O) groups excluding carboxylic acids is 3. The van der Waals surface area contributed by atoms with Crippen LogP contribution in [-0.4, -0.2) is 75.6 Å². The molecular formula is C22H23ClN2O8. The summed E-state index contributed by atoms with van der Waals surface area (Å²) in [5, 5.41) is 44.7. The lowest BCUT2D eigenvalue weighted by Gasteiger charge is -2.51. The van der Waals surface area contributed by atoms with Crippen LogP contribution in [-0.2, 0) is 14.4 Å². The van der Waals surface area contributed by atoms with Crippen LogP contribution in [0.5, 0.6) is 5.75 Å². The van der Waals surface area contributed by atoms with Crippen LogP contribution in [0.4, 0.5) is 0 Å². The lowest BCUT2D eigenvalue weighted by Crippen LogP contribution is -2.66. The fraction of sp³-hybridized carbons (Fsp3) is 0.409. The van der Waals surface area contributed by atoms with Crippen molar-refractivity contribution >= 4 is 34.8 Å². The third-order valence-electron chi connectivity index (χ3n) is 6.85. The number of carbonyl (C=O) groups is 3. The molecule has 176 valence electrons. The highest BCUT2D eigenvalue weighted by molar-refractivity contribution is 6.32. The number of likely N-dealkylation sites (N-methyl/N-ethyl adjacent to an activating group) is 1. The molecule has 6 N–H and O–H groups in total. The topological polar surface area (TPSA) is 171 Å². The standard InChI is InChI=1S/C22H23ClN2O8/c1-25(2)15-8-6-7-11(19(29)22(8,32)20(30)14(18(15)28)21(24)31)17(27)13-10(33-3)5-4-9(23)12(13)16(7)26/h4-5,7-8,15-16,26-27,30,32H,6H2,1-3H3,(H2,24,31)/t7-,8-,15-,16-,22-/m0/s1. The van der Waals surface area contributed by atoms with Crippen molar-refractivity contribution in [1.82, 2.24) is 4.90 Å². The first-order valence-corrected chi connectivity index (χ1v) is 10.5. The van der Waals surface area contributed by atoms with Gasteiger partial charge >= 0.3 is 0 Å². The van der Waals surface area contributed by atoms with Crippen LogP contribution in [0, 0.1) is 11.8 Å². The molecule has 3 aliphatic carbocycles. The zero-order valence-corrected chi connectivity index (χ0v) is 18.8. The molecule has 1 fully saturated rings. The first-order chi connectivity index (χ1) is 15.4. The molecule has 4 rings (SSSR count). The smallest absolute Gasteiger partial charge is 0.255 e. The number of halogens is 1. The predicted octanol–water partition coefficient (Wildman–Crippen LogP) is 0.411. The maximum atomic E-state index is 13.7. The SMILES string of the molecule is COc1ccc(Cl)c2c1C(O)=C1C(=O)[C@]3(O)C(O)=C(C(N)=O)C(=O)[C@@H](N(C)C)[C@@H]3C[C@@H]1[C@@H]2O. The zero-order chi connectivity index (χ0) is 24.6. The van der Waals surface area contributed by atoms with Gasteiger partial charge in [-0.05, 0) is 32.6 Å². The number of Topliss-reactive ketones (excluding diaryl/α,β-unsaturated/α-hetero) is 2. The first-order valence-electron chi connectivity index (χ1n) is 10.1. The van der Waals surface area contributed by atoms with Crippen LogP contribution in [0.25, 0.3) is 5.76 Å². The minimum absolute atomic E-state index is 0.0196. The number of benzene rings is 1. The van der Waals surface area contributed by atoms with Gasteiger partial charge in [-0.25, -0.2) is 0 Å². The summed E-state index contributed by atoms with van der Waals surface area (Å²) in [7, 11) is 4.34. The van der Waals surface area contributed by atoms with Gasteiger partial charge in [0.05, 0.1) is 24.8 Å². The van der Waals surface area contributed by atoms with Crippen molar-refractivity contribution in [2.75, 3.05) is 21.2 Å². The van der Waals surface area contributed by atoms with E-state index >= 15 is 0 Å². The summed E-state index contributed by atoms with van der Waals surface area (Å²) >= 11 is 6.30. The van der Waals surface area contributed by atoms with Crippen molar-refractivity contribution in [3.8, 4) is 5.75 Å². The number of hydrogen-bond acceptors (Lipinski definition) is 9. The van der Waals surface area contributed by atoms with Crippen molar-refractivity contribution in [2.24, 2.45) is 17.6 Å². The summed E-state index contributed by atoms with van der Waals surface area (Å²) in [5.74, 6) is -7.23. The Bertz CT molecular complexity index is 1170. The van der Waals surface area contributed by atoms with Gasteiger partial charge in [-0.1, -0.05) is 11.6 Å². The minimum atomic E-state index is -2.73. The van der Waals surface area contributed by atoms with Gasteiger partial charge in [0.1, 0.15) is 22.8 Å². The Hall–Kier alpha value is -2.92. The molecule has 0 spiro atoms. The Morgan fingerprint density at radius 1 is 1.27 bits per heavy atom. The molecule has 1 aromatic rings. The molecule has 10 nitrogen and oxygen atoms in total. The number of amides is 1.